The SMILES string of the molecule is CNc1nc(NS2(=O)=NC(=O)c3ccc4c(c3)N(C[C@@H]3CC[C@H]3[C@@H](OC)/C=C/C[C@H](C)C2)C[C@@]2(CCCc3cc(Cl)ccc32)CO4)c2cn(C)nc2n1. The molecule has 1 unspecified atom stereocenters. The molecular formula is C39H47ClN8O4S. The minimum Gasteiger partial charge on any atom is -0.490 e. The number of amides is 1. The number of allylic oxidation sites excluding steroid dienone is 1. The Balaban J connectivity index is 1.23. The monoisotopic (exact) mass is 758 g/mol. The number of fused-ring (bicyclic) bond motifs is 5. The van der Waals surface area contributed by atoms with Crippen molar-refractivity contribution < 1.29 is 18.5 Å². The lowest BCUT2D eigenvalue weighted by Crippen LogP contribution is -2.49. The molecule has 280 valence electrons. The lowest BCUT2D eigenvalue weighted by atomic mass is 9.68. The van der Waals surface area contributed by atoms with Crippen molar-refractivity contribution in [3.05, 3.63) is 76.5 Å². The molecule has 0 radical (unpaired) electrons. The van der Waals surface area contributed by atoms with Gasteiger partial charge in [-0.25, -0.2) is 4.21 Å². The summed E-state index contributed by atoms with van der Waals surface area (Å²) in [5.74, 6) is 1.55. The van der Waals surface area contributed by atoms with E-state index in [-0.39, 0.29) is 23.2 Å². The summed E-state index contributed by atoms with van der Waals surface area (Å²) in [6.45, 7) is 4.07. The highest BCUT2D eigenvalue weighted by molar-refractivity contribution is 7.95. The van der Waals surface area contributed by atoms with Crippen LogP contribution in [0.15, 0.2) is 59.1 Å². The molecule has 8 rings (SSSR count). The molecule has 4 aliphatic rings. The fourth-order valence-corrected chi connectivity index (χ4v) is 10.9. The number of aryl methyl sites for hydroxylation is 2. The number of anilines is 3. The highest BCUT2D eigenvalue weighted by Crippen LogP contribution is 2.47. The van der Waals surface area contributed by atoms with E-state index in [4.69, 9.17) is 21.1 Å². The molecule has 14 heteroatoms. The standard InChI is InChI=1S/C39H47ClN8O4S/c1-24-7-5-9-33(51-4)29-13-10-27(29)19-48-22-39(16-6-8-25-17-28(40)12-14-31(25)39)23-52-34-15-11-26(18-32(34)48)37(49)46-53(50,21-24)45-36-30-20-47(3)44-35(30)42-38(41-2)43-36/h5,9,11-12,14-15,17-18,20,24,27,29,33H,6-8,10,13,16,19,21-23H2,1-4H3,(H2,41,42,43,44,45,46,49,50)/b9-5+/t24-,27-,29+,33-,39-,53?/m0/s1. The van der Waals surface area contributed by atoms with Gasteiger partial charge >= 0.3 is 0 Å². The Hall–Kier alpha value is -4.20. The van der Waals surface area contributed by atoms with Gasteiger partial charge in [0.1, 0.15) is 15.7 Å². The number of halogens is 1. The summed E-state index contributed by atoms with van der Waals surface area (Å²) in [4.78, 5) is 25.7. The predicted octanol–water partition coefficient (Wildman–Crippen LogP) is 6.80. The van der Waals surface area contributed by atoms with Gasteiger partial charge in [-0.15, -0.1) is 4.36 Å². The summed E-state index contributed by atoms with van der Waals surface area (Å²) < 4.78 is 37.0. The number of hydrogen-bond donors (Lipinski definition) is 2. The van der Waals surface area contributed by atoms with Gasteiger partial charge in [0.2, 0.25) is 5.95 Å². The zero-order valence-corrected chi connectivity index (χ0v) is 32.3. The van der Waals surface area contributed by atoms with Crippen molar-refractivity contribution in [1.29, 1.82) is 0 Å². The smallest absolute Gasteiger partial charge is 0.286 e. The van der Waals surface area contributed by atoms with Gasteiger partial charge in [-0.1, -0.05) is 36.7 Å². The van der Waals surface area contributed by atoms with Crippen molar-refractivity contribution in [2.24, 2.45) is 29.2 Å². The van der Waals surface area contributed by atoms with Crippen molar-refractivity contribution in [2.75, 3.05) is 54.5 Å². The number of nitrogens with zero attached hydrogens (tertiary/aromatic N) is 6. The molecule has 2 aliphatic carbocycles. The van der Waals surface area contributed by atoms with Gasteiger partial charge in [0.15, 0.2) is 11.5 Å². The average Bonchev–Trinajstić information content (AvgIpc) is 3.43. The van der Waals surface area contributed by atoms with E-state index in [0.29, 0.717) is 53.2 Å². The van der Waals surface area contributed by atoms with E-state index < -0.39 is 15.8 Å². The molecule has 2 aromatic heterocycles. The minimum absolute atomic E-state index is 0.0389. The zero-order chi connectivity index (χ0) is 36.9. The highest BCUT2D eigenvalue weighted by atomic mass is 35.5. The maximum absolute atomic E-state index is 15.0. The second-order valence-electron chi connectivity index (χ2n) is 15.2. The Kier molecular flexibility index (Phi) is 9.61. The van der Waals surface area contributed by atoms with Gasteiger partial charge in [-0.3, -0.25) is 14.2 Å². The van der Waals surface area contributed by atoms with Crippen LogP contribution in [0, 0.1) is 17.8 Å². The number of hydrogen-bond acceptors (Lipinski definition) is 9. The molecule has 2 aromatic carbocycles. The number of nitrogens with one attached hydrogen (secondary N) is 2. The van der Waals surface area contributed by atoms with E-state index in [2.05, 4.69) is 58.7 Å². The third-order valence-corrected chi connectivity index (χ3v) is 13.7. The molecule has 12 nitrogen and oxygen atoms in total. The number of ether oxygens (including phenoxy) is 2. The third kappa shape index (κ3) is 6.99. The average molecular weight is 759 g/mol. The quantitative estimate of drug-likeness (QED) is 0.215. The fraction of sp³-hybridized carbons (Fsp3) is 0.487. The molecule has 4 aromatic rings. The number of benzene rings is 2. The van der Waals surface area contributed by atoms with Crippen LogP contribution in [0.3, 0.4) is 0 Å². The van der Waals surface area contributed by atoms with Crippen LogP contribution < -0.4 is 19.7 Å². The van der Waals surface area contributed by atoms with Crippen molar-refractivity contribution in [3.8, 4) is 5.75 Å². The minimum atomic E-state index is -3.40. The first kappa shape index (κ1) is 35.8. The van der Waals surface area contributed by atoms with E-state index in [1.54, 1.807) is 38.2 Å². The summed E-state index contributed by atoms with van der Waals surface area (Å²) in [5.41, 5.74) is 3.95. The molecule has 2 N–H and O–H groups in total. The van der Waals surface area contributed by atoms with Crippen LogP contribution >= 0.6 is 11.6 Å². The second kappa shape index (κ2) is 14.2. The van der Waals surface area contributed by atoms with Crippen LogP contribution in [0.1, 0.15) is 60.5 Å². The highest BCUT2D eigenvalue weighted by Gasteiger charge is 2.44. The second-order valence-corrected chi connectivity index (χ2v) is 17.7. The van der Waals surface area contributed by atoms with E-state index >= 15 is 0 Å². The van der Waals surface area contributed by atoms with Gasteiger partial charge in [-0.2, -0.15) is 15.1 Å². The Bertz CT molecular complexity index is 2220. The molecule has 6 atom stereocenters. The maximum Gasteiger partial charge on any atom is 0.286 e. The molecule has 4 heterocycles. The van der Waals surface area contributed by atoms with Gasteiger partial charge < -0.3 is 19.7 Å². The lowest BCUT2D eigenvalue weighted by Gasteiger charge is -2.46. The first-order chi connectivity index (χ1) is 25.5. The van der Waals surface area contributed by atoms with E-state index in [1.165, 1.54) is 11.1 Å². The van der Waals surface area contributed by atoms with Crippen LogP contribution in [0.25, 0.3) is 11.0 Å². The predicted molar refractivity (Wildman–Crippen MR) is 209 cm³/mol. The summed E-state index contributed by atoms with van der Waals surface area (Å²) in [6.07, 6.45) is 11.9. The van der Waals surface area contributed by atoms with E-state index in [1.807, 2.05) is 25.1 Å². The largest absolute Gasteiger partial charge is 0.490 e. The van der Waals surface area contributed by atoms with Gasteiger partial charge in [0.25, 0.3) is 5.91 Å². The van der Waals surface area contributed by atoms with Crippen molar-refractivity contribution in [2.45, 2.75) is 57.0 Å². The molecule has 2 aliphatic heterocycles. The molecule has 0 saturated heterocycles. The van der Waals surface area contributed by atoms with E-state index in [9.17, 15) is 9.00 Å². The molecule has 2 bridgehead atoms. The fourth-order valence-electron chi connectivity index (χ4n) is 8.73. The Labute approximate surface area is 316 Å². The normalized spacial score (nSPS) is 29.2. The van der Waals surface area contributed by atoms with Crippen molar-refractivity contribution in [1.82, 2.24) is 19.7 Å². The molecule has 53 heavy (non-hydrogen) atoms. The van der Waals surface area contributed by atoms with Crippen molar-refractivity contribution >= 4 is 55.9 Å². The maximum atomic E-state index is 15.0. The van der Waals surface area contributed by atoms with Gasteiger partial charge in [-0.05, 0) is 97.7 Å². The molecule has 1 amide bonds. The van der Waals surface area contributed by atoms with Crippen molar-refractivity contribution in [3.63, 3.8) is 0 Å². The van der Waals surface area contributed by atoms with Crippen LogP contribution in [-0.2, 0) is 33.5 Å². The van der Waals surface area contributed by atoms with Crippen LogP contribution in [0.5, 0.6) is 5.75 Å². The van der Waals surface area contributed by atoms with Crippen LogP contribution in [0.4, 0.5) is 17.5 Å². The zero-order valence-electron chi connectivity index (χ0n) is 30.7. The molecular weight excluding hydrogens is 712 g/mol. The summed E-state index contributed by atoms with van der Waals surface area (Å²) in [5, 5.41) is 8.71. The summed E-state index contributed by atoms with van der Waals surface area (Å²) in [6, 6.07) is 11.8. The summed E-state index contributed by atoms with van der Waals surface area (Å²) in [7, 11) is 1.87. The number of aromatic nitrogens is 4. The number of methoxy groups -OCH3 is 1. The van der Waals surface area contributed by atoms with Gasteiger partial charge in [0.05, 0.1) is 29.5 Å². The number of carbonyl (C=O) groups is 1. The number of rotatable bonds is 4. The van der Waals surface area contributed by atoms with Crippen LogP contribution in [-0.4, -0.2) is 75.6 Å². The third-order valence-electron chi connectivity index (χ3n) is 11.5. The molecule has 1 fully saturated rings. The van der Waals surface area contributed by atoms with Gasteiger partial charge in [0, 0.05) is 56.5 Å². The Morgan fingerprint density at radius 1 is 1.15 bits per heavy atom. The topological polar surface area (TPSA) is 136 Å². The van der Waals surface area contributed by atoms with Crippen LogP contribution in [0.2, 0.25) is 5.02 Å². The lowest BCUT2D eigenvalue weighted by molar-refractivity contribution is 0.0131. The Morgan fingerprint density at radius 3 is 2.81 bits per heavy atom. The summed E-state index contributed by atoms with van der Waals surface area (Å²) >= 11 is 6.48. The Morgan fingerprint density at radius 2 is 2.02 bits per heavy atom. The number of carbonyl (C=O) groups excluding carboxylic acids is 1. The molecule has 1 saturated carbocycles. The molecule has 1 spiro atoms. The first-order valence-corrected chi connectivity index (χ1v) is 20.6. The first-order valence-electron chi connectivity index (χ1n) is 18.5. The van der Waals surface area contributed by atoms with E-state index in [0.717, 1.165) is 61.7 Å².